The van der Waals surface area contributed by atoms with Gasteiger partial charge in [-0.05, 0) is 37.6 Å². The number of likely N-dealkylation sites (tertiary alicyclic amines) is 1. The summed E-state index contributed by atoms with van der Waals surface area (Å²) in [6.45, 7) is 4.96. The van der Waals surface area contributed by atoms with Crippen LogP contribution in [0.4, 0.5) is 5.69 Å². The lowest BCUT2D eigenvalue weighted by Gasteiger charge is -2.23. The predicted molar refractivity (Wildman–Crippen MR) is 97.8 cm³/mol. The van der Waals surface area contributed by atoms with E-state index in [1.807, 2.05) is 25.1 Å². The Morgan fingerprint density at radius 2 is 2.00 bits per heavy atom. The summed E-state index contributed by atoms with van der Waals surface area (Å²) in [4.78, 5) is 28.8. The Hall–Kier alpha value is -1.53. The monoisotopic (exact) mass is 347 g/mol. The van der Waals surface area contributed by atoms with Crippen LogP contribution in [0.2, 0.25) is 0 Å². The van der Waals surface area contributed by atoms with Gasteiger partial charge < -0.3 is 10.2 Å². The highest BCUT2D eigenvalue weighted by Gasteiger charge is 2.34. The van der Waals surface area contributed by atoms with E-state index >= 15 is 0 Å². The third-order valence-corrected chi connectivity index (χ3v) is 5.69. The lowest BCUT2D eigenvalue weighted by Crippen LogP contribution is -2.44. The molecule has 1 aromatic rings. The van der Waals surface area contributed by atoms with Crippen LogP contribution in [-0.2, 0) is 16.1 Å². The van der Waals surface area contributed by atoms with E-state index in [4.69, 9.17) is 0 Å². The first-order valence-electron chi connectivity index (χ1n) is 8.67. The van der Waals surface area contributed by atoms with Crippen molar-refractivity contribution in [3.8, 4) is 0 Å². The minimum Gasteiger partial charge on any atom is -0.324 e. The second kappa shape index (κ2) is 8.03. The van der Waals surface area contributed by atoms with E-state index in [1.54, 1.807) is 16.7 Å². The molecule has 2 aliphatic heterocycles. The molecule has 0 bridgehead atoms. The predicted octanol–water partition coefficient (Wildman–Crippen LogP) is 2.53. The molecule has 24 heavy (non-hydrogen) atoms. The Morgan fingerprint density at radius 3 is 2.75 bits per heavy atom. The van der Waals surface area contributed by atoms with Crippen molar-refractivity contribution in [3.63, 3.8) is 0 Å². The largest absolute Gasteiger partial charge is 0.324 e. The summed E-state index contributed by atoms with van der Waals surface area (Å²) in [6.07, 6.45) is 2.94. The molecule has 2 aliphatic rings. The van der Waals surface area contributed by atoms with Crippen LogP contribution in [0.1, 0.15) is 31.7 Å². The number of amides is 2. The maximum Gasteiger partial charge on any atom is 0.248 e. The molecule has 0 spiro atoms. The van der Waals surface area contributed by atoms with Gasteiger partial charge in [0.05, 0.1) is 5.88 Å². The third-order valence-electron chi connectivity index (χ3n) is 4.68. The van der Waals surface area contributed by atoms with Gasteiger partial charge in [0.25, 0.3) is 0 Å². The molecule has 130 valence electrons. The zero-order valence-electron chi connectivity index (χ0n) is 14.2. The van der Waals surface area contributed by atoms with Crippen molar-refractivity contribution in [1.82, 2.24) is 9.80 Å². The van der Waals surface area contributed by atoms with Gasteiger partial charge in [0.2, 0.25) is 11.8 Å². The molecule has 2 amide bonds. The van der Waals surface area contributed by atoms with Crippen molar-refractivity contribution in [2.75, 3.05) is 30.0 Å². The number of thioether (sulfide) groups is 1. The van der Waals surface area contributed by atoms with Gasteiger partial charge in [-0.1, -0.05) is 25.1 Å². The molecule has 5 nitrogen and oxygen atoms in total. The third kappa shape index (κ3) is 3.92. The Kier molecular flexibility index (Phi) is 5.79. The van der Waals surface area contributed by atoms with Gasteiger partial charge in [-0.2, -0.15) is 0 Å². The molecule has 0 aromatic heterocycles. The average Bonchev–Trinajstić information content (AvgIpc) is 3.27. The summed E-state index contributed by atoms with van der Waals surface area (Å²) >= 11 is 1.64. The zero-order valence-corrected chi connectivity index (χ0v) is 15.0. The molecule has 6 heteroatoms. The van der Waals surface area contributed by atoms with Crippen LogP contribution >= 0.6 is 11.8 Å². The van der Waals surface area contributed by atoms with Crippen LogP contribution in [0.3, 0.4) is 0 Å². The lowest BCUT2D eigenvalue weighted by atomic mass is 10.1. The van der Waals surface area contributed by atoms with Crippen molar-refractivity contribution >= 4 is 29.3 Å². The Balaban J connectivity index is 1.68. The Morgan fingerprint density at radius 1 is 1.25 bits per heavy atom. The summed E-state index contributed by atoms with van der Waals surface area (Å²) in [7, 11) is 0. The van der Waals surface area contributed by atoms with Gasteiger partial charge in [-0.3, -0.25) is 14.5 Å². The van der Waals surface area contributed by atoms with Crippen LogP contribution in [0.5, 0.6) is 0 Å². The summed E-state index contributed by atoms with van der Waals surface area (Å²) in [5.41, 5.74) is 2.02. The molecule has 2 fully saturated rings. The van der Waals surface area contributed by atoms with Gasteiger partial charge >= 0.3 is 0 Å². The maximum absolute atomic E-state index is 12.7. The van der Waals surface area contributed by atoms with Gasteiger partial charge in [0.1, 0.15) is 6.04 Å². The fourth-order valence-corrected chi connectivity index (χ4v) is 4.47. The number of rotatable bonds is 5. The number of para-hydroxylation sites is 1. The number of hydrogen-bond donors (Lipinski definition) is 1. The van der Waals surface area contributed by atoms with Gasteiger partial charge in [-0.15, -0.1) is 11.8 Å². The van der Waals surface area contributed by atoms with Crippen LogP contribution in [0.15, 0.2) is 24.3 Å². The van der Waals surface area contributed by atoms with E-state index in [0.717, 1.165) is 30.9 Å². The highest BCUT2D eigenvalue weighted by Crippen LogP contribution is 2.25. The van der Waals surface area contributed by atoms with E-state index in [2.05, 4.69) is 16.3 Å². The van der Waals surface area contributed by atoms with Crippen molar-refractivity contribution in [2.24, 2.45) is 0 Å². The quantitative estimate of drug-likeness (QED) is 0.889. The van der Waals surface area contributed by atoms with Crippen LogP contribution in [0.25, 0.3) is 0 Å². The second-order valence-corrected chi connectivity index (χ2v) is 7.36. The first-order chi connectivity index (χ1) is 11.7. The number of nitrogens with zero attached hydrogens (tertiary/aromatic N) is 2. The lowest BCUT2D eigenvalue weighted by molar-refractivity contribution is -0.135. The fraction of sp³-hybridized carbons (Fsp3) is 0.556. The van der Waals surface area contributed by atoms with Crippen LogP contribution in [0, 0.1) is 0 Å². The molecule has 1 N–H and O–H groups in total. The van der Waals surface area contributed by atoms with Gasteiger partial charge in [0.15, 0.2) is 0 Å². The van der Waals surface area contributed by atoms with Crippen LogP contribution in [-0.4, -0.2) is 52.4 Å². The molecule has 2 saturated heterocycles. The van der Waals surface area contributed by atoms with Gasteiger partial charge in [-0.25, -0.2) is 0 Å². The van der Waals surface area contributed by atoms with Crippen molar-refractivity contribution in [2.45, 2.75) is 38.8 Å². The van der Waals surface area contributed by atoms with Crippen molar-refractivity contribution in [1.29, 1.82) is 0 Å². The molecule has 1 atom stereocenters. The average molecular weight is 347 g/mol. The maximum atomic E-state index is 12.7. The number of carbonyl (C=O) groups is 2. The molecule has 1 aromatic carbocycles. The number of hydrogen-bond acceptors (Lipinski definition) is 4. The topological polar surface area (TPSA) is 52.7 Å². The molecule has 0 radical (unpaired) electrons. The molecule has 2 heterocycles. The summed E-state index contributed by atoms with van der Waals surface area (Å²) in [5.74, 6) is 1.26. The fourth-order valence-electron chi connectivity index (χ4n) is 3.29. The minimum atomic E-state index is -0.359. The Labute approximate surface area is 147 Å². The summed E-state index contributed by atoms with van der Waals surface area (Å²) in [6, 6.07) is 7.63. The molecule has 3 rings (SSSR count). The molecule has 0 aliphatic carbocycles. The SMILES string of the molecule is CCC(=O)N1CSC[C@H]1C(=O)Nc1ccccc1CN1CCCC1. The van der Waals surface area contributed by atoms with E-state index in [1.165, 1.54) is 12.8 Å². The van der Waals surface area contributed by atoms with E-state index in [-0.39, 0.29) is 17.9 Å². The minimum absolute atomic E-state index is 0.0468. The molecular formula is C18H25N3O2S. The van der Waals surface area contributed by atoms with E-state index in [9.17, 15) is 9.59 Å². The molecular weight excluding hydrogens is 322 g/mol. The number of benzene rings is 1. The number of carbonyl (C=O) groups excluding carboxylic acids is 2. The number of nitrogens with one attached hydrogen (secondary N) is 1. The summed E-state index contributed by atoms with van der Waals surface area (Å²) in [5, 5.41) is 3.06. The Bertz CT molecular complexity index is 602. The highest BCUT2D eigenvalue weighted by molar-refractivity contribution is 7.99. The second-order valence-electron chi connectivity index (χ2n) is 6.36. The first-order valence-corrected chi connectivity index (χ1v) is 9.83. The van der Waals surface area contributed by atoms with E-state index in [0.29, 0.717) is 18.1 Å². The van der Waals surface area contributed by atoms with E-state index < -0.39 is 0 Å². The smallest absolute Gasteiger partial charge is 0.248 e. The first kappa shape index (κ1) is 17.3. The summed E-state index contributed by atoms with van der Waals surface area (Å²) < 4.78 is 0. The van der Waals surface area contributed by atoms with Crippen LogP contribution < -0.4 is 5.32 Å². The highest BCUT2D eigenvalue weighted by atomic mass is 32.2. The van der Waals surface area contributed by atoms with Crippen molar-refractivity contribution in [3.05, 3.63) is 29.8 Å². The number of anilines is 1. The zero-order chi connectivity index (χ0) is 16.9. The molecule has 0 saturated carbocycles. The standard InChI is InChI=1S/C18H25N3O2S/c1-2-17(22)21-13-24-12-16(21)18(23)19-15-8-4-3-7-14(15)11-20-9-5-6-10-20/h3-4,7-8,16H,2,5-6,9-13H2,1H3,(H,19,23)/t16-/m0/s1. The normalized spacial score (nSPS) is 21.2. The van der Waals surface area contributed by atoms with Gasteiger partial charge in [0, 0.05) is 24.4 Å². The molecule has 0 unspecified atom stereocenters. The van der Waals surface area contributed by atoms with Crippen molar-refractivity contribution < 1.29 is 9.59 Å².